The molecule has 0 fully saturated rings. The Balaban J connectivity index is 4.35. The highest BCUT2D eigenvalue weighted by Crippen LogP contribution is 2.38. The number of carbonyl (C=O) groups excluding carboxylic acids is 1. The first-order chi connectivity index (χ1) is 25.6. The Kier molecular flexibility index (Phi) is 35.9. The molecule has 2 unspecified atom stereocenters. The molecule has 0 aromatic heterocycles. The zero-order valence-electron chi connectivity index (χ0n) is 34.7. The first-order valence-electron chi connectivity index (χ1n) is 21.0. The zero-order chi connectivity index (χ0) is 39.1. The van der Waals surface area contributed by atoms with E-state index in [2.05, 4.69) is 74.6 Å². The van der Waals surface area contributed by atoms with Gasteiger partial charge in [-0.1, -0.05) is 132 Å². The van der Waals surface area contributed by atoms with Crippen molar-refractivity contribution in [2.75, 3.05) is 54.1 Å². The van der Waals surface area contributed by atoms with Crippen molar-refractivity contribution in [2.24, 2.45) is 0 Å². The van der Waals surface area contributed by atoms with Crippen LogP contribution in [-0.4, -0.2) is 70.7 Å². The van der Waals surface area contributed by atoms with E-state index in [0.29, 0.717) is 24.1 Å². The molecule has 0 aliphatic rings. The second-order valence-corrected chi connectivity index (χ2v) is 16.4. The van der Waals surface area contributed by atoms with Crippen molar-refractivity contribution in [3.63, 3.8) is 0 Å². The van der Waals surface area contributed by atoms with Crippen LogP contribution in [0.3, 0.4) is 0 Å². The summed E-state index contributed by atoms with van der Waals surface area (Å²) in [6.45, 7) is 5.18. The summed E-state index contributed by atoms with van der Waals surface area (Å²) in [5, 5.41) is 0. The second kappa shape index (κ2) is 37.1. The molecule has 0 amide bonds. The number of hydrogen-bond donors (Lipinski definition) is 0. The SMILES string of the molecule is CC/C=C\C/C=C\C/C=C\C/C=C\CCCCCOCC(COP(=O)([O-])OCC[N+](C)(C)C)OC(=O)CCCCCCC/C=C\CCCCCCCC. The predicted octanol–water partition coefficient (Wildman–Crippen LogP) is 11.5. The number of hydrogen-bond acceptors (Lipinski definition) is 7. The fraction of sp³-hybridized carbons (Fsp3) is 0.750. The van der Waals surface area contributed by atoms with Crippen LogP contribution in [0.2, 0.25) is 0 Å². The van der Waals surface area contributed by atoms with Gasteiger partial charge in [0.15, 0.2) is 0 Å². The van der Waals surface area contributed by atoms with E-state index in [9.17, 15) is 14.3 Å². The Morgan fingerprint density at radius 3 is 1.66 bits per heavy atom. The van der Waals surface area contributed by atoms with Crippen LogP contribution in [0.5, 0.6) is 0 Å². The van der Waals surface area contributed by atoms with Crippen LogP contribution >= 0.6 is 7.82 Å². The van der Waals surface area contributed by atoms with E-state index in [4.69, 9.17) is 18.5 Å². The van der Waals surface area contributed by atoms with Gasteiger partial charge in [-0.3, -0.25) is 9.36 Å². The van der Waals surface area contributed by atoms with Gasteiger partial charge in [-0.25, -0.2) is 0 Å². The van der Waals surface area contributed by atoms with Crippen molar-refractivity contribution in [3.05, 3.63) is 60.8 Å². The van der Waals surface area contributed by atoms with Crippen LogP contribution in [0.15, 0.2) is 60.8 Å². The van der Waals surface area contributed by atoms with E-state index in [1.165, 1.54) is 51.4 Å². The van der Waals surface area contributed by atoms with Crippen LogP contribution < -0.4 is 4.89 Å². The quantitative estimate of drug-likeness (QED) is 0.0203. The molecule has 0 aromatic carbocycles. The van der Waals surface area contributed by atoms with Crippen molar-refractivity contribution < 1.29 is 37.3 Å². The van der Waals surface area contributed by atoms with Gasteiger partial charge in [0.2, 0.25) is 0 Å². The molecule has 0 aromatic rings. The van der Waals surface area contributed by atoms with Crippen LogP contribution in [-0.2, 0) is 27.9 Å². The molecule has 308 valence electrons. The smallest absolute Gasteiger partial charge is 0.306 e. The van der Waals surface area contributed by atoms with Crippen molar-refractivity contribution in [2.45, 2.75) is 161 Å². The van der Waals surface area contributed by atoms with Gasteiger partial charge in [-0.05, 0) is 77.0 Å². The third kappa shape index (κ3) is 41.2. The first kappa shape index (κ1) is 51.2. The molecule has 0 radical (unpaired) electrons. The fourth-order valence-corrected chi connectivity index (χ4v) is 6.02. The molecular formula is C44H80NO7P. The summed E-state index contributed by atoms with van der Waals surface area (Å²) in [5.41, 5.74) is 0. The number of ether oxygens (including phenoxy) is 2. The summed E-state index contributed by atoms with van der Waals surface area (Å²) in [7, 11) is 1.32. The van der Waals surface area contributed by atoms with Crippen LogP contribution in [0.25, 0.3) is 0 Å². The van der Waals surface area contributed by atoms with Crippen LogP contribution in [0, 0.1) is 0 Å². The number of phosphoric ester groups is 1. The highest BCUT2D eigenvalue weighted by atomic mass is 31.2. The van der Waals surface area contributed by atoms with Gasteiger partial charge in [0.25, 0.3) is 7.82 Å². The molecule has 0 aliphatic carbocycles. The zero-order valence-corrected chi connectivity index (χ0v) is 35.6. The summed E-state index contributed by atoms with van der Waals surface area (Å²) in [6.07, 6.45) is 45.2. The number of nitrogens with zero attached hydrogens (tertiary/aromatic N) is 1. The second-order valence-electron chi connectivity index (χ2n) is 15.0. The van der Waals surface area contributed by atoms with Crippen LogP contribution in [0.4, 0.5) is 0 Å². The molecule has 0 saturated carbocycles. The molecule has 0 spiro atoms. The molecule has 2 atom stereocenters. The van der Waals surface area contributed by atoms with E-state index >= 15 is 0 Å². The molecule has 0 bridgehead atoms. The van der Waals surface area contributed by atoms with Crippen LogP contribution in [0.1, 0.15) is 155 Å². The molecule has 0 saturated heterocycles. The third-order valence-corrected chi connectivity index (χ3v) is 9.52. The molecular weight excluding hydrogens is 685 g/mol. The lowest BCUT2D eigenvalue weighted by Crippen LogP contribution is -2.37. The lowest BCUT2D eigenvalue weighted by Gasteiger charge is -2.28. The molecule has 0 N–H and O–H groups in total. The van der Waals surface area contributed by atoms with Gasteiger partial charge in [-0.2, -0.15) is 0 Å². The minimum Gasteiger partial charge on any atom is -0.756 e. The molecule has 53 heavy (non-hydrogen) atoms. The Morgan fingerprint density at radius 2 is 1.09 bits per heavy atom. The maximum atomic E-state index is 12.6. The molecule has 0 rings (SSSR count). The largest absolute Gasteiger partial charge is 0.756 e. The van der Waals surface area contributed by atoms with Gasteiger partial charge >= 0.3 is 5.97 Å². The highest BCUT2D eigenvalue weighted by Gasteiger charge is 2.20. The molecule has 9 heteroatoms. The highest BCUT2D eigenvalue weighted by molar-refractivity contribution is 7.45. The molecule has 0 heterocycles. The van der Waals surface area contributed by atoms with Gasteiger partial charge < -0.3 is 27.9 Å². The monoisotopic (exact) mass is 766 g/mol. The Labute approximate surface area is 326 Å². The third-order valence-electron chi connectivity index (χ3n) is 8.55. The lowest BCUT2D eigenvalue weighted by molar-refractivity contribution is -0.870. The predicted molar refractivity (Wildman–Crippen MR) is 222 cm³/mol. The Hall–Kier alpha value is -1.80. The van der Waals surface area contributed by atoms with Crippen molar-refractivity contribution in [3.8, 4) is 0 Å². The van der Waals surface area contributed by atoms with Crippen molar-refractivity contribution in [1.82, 2.24) is 0 Å². The summed E-state index contributed by atoms with van der Waals surface area (Å²) in [5.74, 6) is -0.357. The maximum absolute atomic E-state index is 12.6. The number of likely N-dealkylation sites (N-methyl/N-ethyl adjacent to an activating group) is 1. The number of unbranched alkanes of at least 4 members (excludes halogenated alkanes) is 14. The number of rotatable bonds is 38. The fourth-order valence-electron chi connectivity index (χ4n) is 5.29. The topological polar surface area (TPSA) is 94.1 Å². The van der Waals surface area contributed by atoms with Gasteiger partial charge in [-0.15, -0.1) is 0 Å². The minimum atomic E-state index is -4.54. The Morgan fingerprint density at radius 1 is 0.604 bits per heavy atom. The minimum absolute atomic E-state index is 0.0155. The molecule has 8 nitrogen and oxygen atoms in total. The Bertz CT molecular complexity index is 1030. The summed E-state index contributed by atoms with van der Waals surface area (Å²) in [4.78, 5) is 25.0. The van der Waals surface area contributed by atoms with E-state index in [0.717, 1.165) is 83.5 Å². The average molecular weight is 766 g/mol. The van der Waals surface area contributed by atoms with E-state index in [1.807, 2.05) is 21.1 Å². The number of allylic oxidation sites excluding steroid dienone is 10. The number of esters is 1. The maximum Gasteiger partial charge on any atom is 0.306 e. The number of phosphoric acid groups is 1. The van der Waals surface area contributed by atoms with Gasteiger partial charge in [0.1, 0.15) is 19.3 Å². The summed E-state index contributed by atoms with van der Waals surface area (Å²) < 4.78 is 34.5. The number of carbonyl (C=O) groups is 1. The van der Waals surface area contributed by atoms with E-state index < -0.39 is 13.9 Å². The first-order valence-corrected chi connectivity index (χ1v) is 22.5. The van der Waals surface area contributed by atoms with Crippen molar-refractivity contribution >= 4 is 13.8 Å². The number of quaternary nitrogens is 1. The van der Waals surface area contributed by atoms with Gasteiger partial charge in [0.05, 0.1) is 34.4 Å². The van der Waals surface area contributed by atoms with Gasteiger partial charge in [0, 0.05) is 13.0 Å². The van der Waals surface area contributed by atoms with Crippen molar-refractivity contribution in [1.29, 1.82) is 0 Å². The summed E-state index contributed by atoms with van der Waals surface area (Å²) >= 11 is 0. The summed E-state index contributed by atoms with van der Waals surface area (Å²) in [6, 6.07) is 0. The normalized spacial score (nSPS) is 14.5. The lowest BCUT2D eigenvalue weighted by atomic mass is 10.1. The average Bonchev–Trinajstić information content (AvgIpc) is 3.11. The van der Waals surface area contributed by atoms with E-state index in [-0.39, 0.29) is 25.8 Å². The standard InChI is InChI=1S/C44H80NO7P/c1-6-8-10-12-14-16-18-20-22-24-26-28-30-32-34-36-39-49-41-43(42-51-53(47,48)50-40-38-45(3,4)5)52-44(46)37-35-33-31-29-27-25-23-21-19-17-15-13-11-9-7-2/h8,10,14,16,20-23,26,28,43H,6-7,9,11-13,15,17-19,24-25,27,29-42H2,1-5H3/b10-8-,16-14-,22-20-,23-21-,28-26-. The van der Waals surface area contributed by atoms with E-state index in [1.54, 1.807) is 0 Å². The molecule has 0 aliphatic heterocycles.